The van der Waals surface area contributed by atoms with E-state index in [1.165, 1.54) is 161 Å². The molecule has 300 valence electrons. The Morgan fingerprint density at radius 1 is 0.604 bits per heavy atom. The quantitative estimate of drug-likeness (QED) is 0.313. The minimum absolute atomic E-state index is 0.0998. The number of carbonyl (C=O) groups excluding carboxylic acids is 1. The van der Waals surface area contributed by atoms with Crippen LogP contribution >= 0.6 is 0 Å². The number of nitrogens with zero attached hydrogens (tertiary/aromatic N) is 2. The van der Waals surface area contributed by atoms with Crippen molar-refractivity contribution in [2.24, 2.45) is 5.92 Å². The molecule has 3 aliphatic heterocycles. The fourth-order valence-corrected chi connectivity index (χ4v) is 8.95. The van der Waals surface area contributed by atoms with Crippen LogP contribution in [-0.2, 0) is 9.59 Å². The van der Waals surface area contributed by atoms with Gasteiger partial charge in [0.15, 0.2) is 0 Å². The first kappa shape index (κ1) is 45.0. The summed E-state index contributed by atoms with van der Waals surface area (Å²) in [6, 6.07) is 10.1. The Hall–Kier alpha value is -2.40. The Morgan fingerprint density at radius 3 is 1.32 bits per heavy atom. The highest BCUT2D eigenvalue weighted by molar-refractivity contribution is 5.91. The van der Waals surface area contributed by atoms with Gasteiger partial charge in [0.05, 0.1) is 11.6 Å². The van der Waals surface area contributed by atoms with E-state index in [1.54, 1.807) is 6.08 Å². The Balaban J connectivity index is 1.72. The number of fused-ring (bicyclic) bond motifs is 32. The molecule has 3 aliphatic rings. The maximum atomic E-state index is 14.2. The van der Waals surface area contributed by atoms with E-state index >= 15 is 0 Å². The van der Waals surface area contributed by atoms with Crippen LogP contribution in [0.4, 0.5) is 0 Å². The maximum absolute atomic E-state index is 14.2. The minimum Gasteiger partial charge on any atom is -0.481 e. The van der Waals surface area contributed by atoms with Crippen LogP contribution in [0.5, 0.6) is 0 Å². The summed E-state index contributed by atoms with van der Waals surface area (Å²) in [5.74, 6) is -1.70. The number of benzene rings is 1. The van der Waals surface area contributed by atoms with Crippen LogP contribution in [0, 0.1) is 5.92 Å². The first-order valence-corrected chi connectivity index (χ1v) is 22.6. The lowest BCUT2D eigenvalue weighted by atomic mass is 9.78. The van der Waals surface area contributed by atoms with Crippen molar-refractivity contribution in [2.75, 3.05) is 19.6 Å². The van der Waals surface area contributed by atoms with Crippen LogP contribution < -0.4 is 0 Å². The van der Waals surface area contributed by atoms with Gasteiger partial charge in [0, 0.05) is 25.0 Å². The second-order valence-electron chi connectivity index (χ2n) is 16.9. The molecule has 2 unspecified atom stereocenters. The van der Waals surface area contributed by atoms with Gasteiger partial charge in [-0.25, -0.2) is 0 Å². The van der Waals surface area contributed by atoms with Crippen LogP contribution in [0.1, 0.15) is 206 Å². The molecule has 2 atom stereocenters. The summed E-state index contributed by atoms with van der Waals surface area (Å²) >= 11 is 0. The molecular weight excluding hydrogens is 653 g/mol. The van der Waals surface area contributed by atoms with Gasteiger partial charge in [0.2, 0.25) is 5.91 Å². The molecule has 0 radical (unpaired) electrons. The molecule has 1 amide bonds. The minimum atomic E-state index is -0.908. The summed E-state index contributed by atoms with van der Waals surface area (Å²) in [5.41, 5.74) is 1.91. The van der Waals surface area contributed by atoms with Gasteiger partial charge in [0.25, 0.3) is 0 Å². The molecule has 1 saturated heterocycles. The topological polar surface area (TPSA) is 60.9 Å². The number of rotatable bonds is 4. The van der Waals surface area contributed by atoms with E-state index in [9.17, 15) is 14.7 Å². The van der Waals surface area contributed by atoms with Crippen molar-refractivity contribution in [1.82, 2.24) is 9.80 Å². The molecule has 1 N–H and O–H groups in total. The van der Waals surface area contributed by atoms with Crippen LogP contribution in [0.2, 0.25) is 0 Å². The van der Waals surface area contributed by atoms with E-state index in [0.717, 1.165) is 42.6 Å². The van der Waals surface area contributed by atoms with Crippen molar-refractivity contribution in [3.05, 3.63) is 54.1 Å². The van der Waals surface area contributed by atoms with Crippen molar-refractivity contribution >= 4 is 17.6 Å². The largest absolute Gasteiger partial charge is 0.481 e. The molecule has 3 heterocycles. The zero-order valence-corrected chi connectivity index (χ0v) is 34.5. The number of aliphatic carboxylic acids is 1. The first-order chi connectivity index (χ1) is 25.9. The third-order valence-corrected chi connectivity index (χ3v) is 12.3. The molecule has 5 heteroatoms. The van der Waals surface area contributed by atoms with E-state index in [4.69, 9.17) is 0 Å². The molecule has 1 fully saturated rings. The van der Waals surface area contributed by atoms with Crippen LogP contribution in [0.3, 0.4) is 0 Å². The molecule has 5 nitrogen and oxygen atoms in total. The van der Waals surface area contributed by atoms with Gasteiger partial charge in [-0.05, 0) is 44.4 Å². The van der Waals surface area contributed by atoms with Gasteiger partial charge in [-0.3, -0.25) is 14.5 Å². The highest BCUT2D eigenvalue weighted by atomic mass is 16.4. The molecule has 0 aromatic heterocycles. The fourth-order valence-electron chi connectivity index (χ4n) is 8.95. The number of carboxylic acid groups (broad SMARTS) is 1. The molecule has 1 aromatic carbocycles. The van der Waals surface area contributed by atoms with Gasteiger partial charge >= 0.3 is 5.97 Å². The summed E-state index contributed by atoms with van der Waals surface area (Å²) in [6.45, 7) is 10.5. The number of hydrogen-bond donors (Lipinski definition) is 1. The predicted molar refractivity (Wildman–Crippen MR) is 226 cm³/mol. The monoisotopic (exact) mass is 733 g/mol. The average Bonchev–Trinajstić information content (AvgIpc) is 3.14. The molecule has 1 aromatic rings. The van der Waals surface area contributed by atoms with Gasteiger partial charge in [0.1, 0.15) is 0 Å². The lowest BCUT2D eigenvalue weighted by Gasteiger charge is -2.46. The van der Waals surface area contributed by atoms with Gasteiger partial charge in [-0.2, -0.15) is 0 Å². The number of carboxylic acids is 1. The molecule has 0 saturated carbocycles. The van der Waals surface area contributed by atoms with Gasteiger partial charge in [-0.1, -0.05) is 203 Å². The van der Waals surface area contributed by atoms with Gasteiger partial charge in [-0.15, -0.1) is 6.58 Å². The summed E-state index contributed by atoms with van der Waals surface area (Å²) in [6.07, 6.45) is 39.1. The van der Waals surface area contributed by atoms with Crippen molar-refractivity contribution < 1.29 is 14.7 Å². The molecule has 4 rings (SSSR count). The highest BCUT2D eigenvalue weighted by Crippen LogP contribution is 2.41. The molecule has 0 aliphatic carbocycles. The average molecular weight is 733 g/mol. The zero-order valence-electron chi connectivity index (χ0n) is 34.5. The smallest absolute Gasteiger partial charge is 0.314 e. The zero-order chi connectivity index (χ0) is 38.0. The van der Waals surface area contributed by atoms with E-state index in [1.807, 2.05) is 35.2 Å². The second-order valence-corrected chi connectivity index (χ2v) is 16.9. The normalized spacial score (nSPS) is 23.9. The van der Waals surface area contributed by atoms with E-state index in [2.05, 4.69) is 25.3 Å². The van der Waals surface area contributed by atoms with Crippen molar-refractivity contribution in [1.29, 1.82) is 0 Å². The SMILES string of the molecule is C=CC(C(=O)O)C1=C(c2ccccc2)N2CCCCCCCCCCCCCCCCCCCCCCCCCCCCCCN(CCC2=O)C1(C)C. The Bertz CT molecular complexity index is 1170. The maximum Gasteiger partial charge on any atom is 0.314 e. The van der Waals surface area contributed by atoms with E-state index in [-0.39, 0.29) is 5.91 Å². The van der Waals surface area contributed by atoms with Crippen molar-refractivity contribution in [3.63, 3.8) is 0 Å². The van der Waals surface area contributed by atoms with Crippen LogP contribution in [0.25, 0.3) is 5.70 Å². The second kappa shape index (κ2) is 27.2. The Kier molecular flexibility index (Phi) is 23.1. The molecule has 2 bridgehead atoms. The van der Waals surface area contributed by atoms with Gasteiger partial charge < -0.3 is 10.0 Å². The third kappa shape index (κ3) is 16.9. The Labute approximate surface area is 326 Å². The van der Waals surface area contributed by atoms with Crippen LogP contribution in [-0.4, -0.2) is 52.0 Å². The summed E-state index contributed by atoms with van der Waals surface area (Å²) < 4.78 is 0. The van der Waals surface area contributed by atoms with Crippen molar-refractivity contribution in [3.8, 4) is 0 Å². The van der Waals surface area contributed by atoms with E-state index in [0.29, 0.717) is 19.5 Å². The molecular formula is C48H80N2O3. The fraction of sp³-hybridized carbons (Fsp3) is 0.750. The molecule has 53 heavy (non-hydrogen) atoms. The van der Waals surface area contributed by atoms with E-state index < -0.39 is 17.4 Å². The predicted octanol–water partition coefficient (Wildman–Crippen LogP) is 13.5. The number of hydrogen-bond acceptors (Lipinski definition) is 3. The lowest BCUT2D eigenvalue weighted by molar-refractivity contribution is -0.139. The molecule has 0 spiro atoms. The highest BCUT2D eigenvalue weighted by Gasteiger charge is 2.42. The Morgan fingerprint density at radius 2 is 0.962 bits per heavy atom. The standard InChI is InChI=1S/C48H80N2O3/c1-4-43(47(52)53)45-46(42-36-32-31-33-37-42)50-40-35-30-28-26-24-22-20-18-16-14-12-10-8-6-5-7-9-11-13-15-17-19-21-23-25-27-29-34-39-49(48(45,2)3)41-38-44(50)51/h4,31-33,36-37,43H,1,5-30,34-35,38-41H2,2-3H3,(H,52,53). The third-order valence-electron chi connectivity index (χ3n) is 12.3. The summed E-state index contributed by atoms with van der Waals surface area (Å²) in [7, 11) is 0. The first-order valence-electron chi connectivity index (χ1n) is 22.6. The van der Waals surface area contributed by atoms with Crippen LogP contribution in [0.15, 0.2) is 48.6 Å². The van der Waals surface area contributed by atoms with Crippen molar-refractivity contribution in [2.45, 2.75) is 206 Å². The number of carbonyl (C=O) groups is 2. The number of amides is 1. The summed E-state index contributed by atoms with van der Waals surface area (Å²) in [4.78, 5) is 31.5. The summed E-state index contributed by atoms with van der Waals surface area (Å²) in [5, 5.41) is 10.6. The lowest BCUT2D eigenvalue weighted by Crippen LogP contribution is -2.53.